The van der Waals surface area contributed by atoms with Crippen LogP contribution in [0.15, 0.2) is 48.5 Å². The first kappa shape index (κ1) is 15.2. The number of carboxylic acids is 1. The van der Waals surface area contributed by atoms with Gasteiger partial charge in [-0.2, -0.15) is 0 Å². The van der Waals surface area contributed by atoms with Gasteiger partial charge in [-0.1, -0.05) is 30.3 Å². The summed E-state index contributed by atoms with van der Waals surface area (Å²) in [4.78, 5) is 11.6. The zero-order valence-corrected chi connectivity index (χ0v) is 12.7. The van der Waals surface area contributed by atoms with Crippen molar-refractivity contribution in [1.29, 1.82) is 0 Å². The van der Waals surface area contributed by atoms with Gasteiger partial charge in [-0.3, -0.25) is 0 Å². The standard InChI is InChI=1S/C18H17FN2O2/c1-21-16-5-3-2-4-14(16)15(17(21)18(22)23)11-20-10-12-6-8-13(19)9-7-12/h2-9,20H,10-11H2,1H3,(H,22,23). The second-order valence-electron chi connectivity index (χ2n) is 5.44. The molecule has 3 aromatic rings. The molecule has 0 saturated carbocycles. The summed E-state index contributed by atoms with van der Waals surface area (Å²) in [7, 11) is 1.76. The Morgan fingerprint density at radius 2 is 1.83 bits per heavy atom. The lowest BCUT2D eigenvalue weighted by molar-refractivity contribution is 0.0685. The summed E-state index contributed by atoms with van der Waals surface area (Å²) >= 11 is 0. The van der Waals surface area contributed by atoms with E-state index >= 15 is 0 Å². The van der Waals surface area contributed by atoms with Gasteiger partial charge in [0.05, 0.1) is 0 Å². The number of rotatable bonds is 5. The number of fused-ring (bicyclic) bond motifs is 1. The van der Waals surface area contributed by atoms with Gasteiger partial charge in [-0.05, 0) is 23.8 Å². The minimum absolute atomic E-state index is 0.268. The second-order valence-corrected chi connectivity index (χ2v) is 5.44. The fraction of sp³-hybridized carbons (Fsp3) is 0.167. The van der Waals surface area contributed by atoms with Crippen molar-refractivity contribution in [2.45, 2.75) is 13.1 Å². The molecule has 0 unspecified atom stereocenters. The SMILES string of the molecule is Cn1c(C(=O)O)c(CNCc2ccc(F)cc2)c2ccccc21. The van der Waals surface area contributed by atoms with Crippen LogP contribution in [0.5, 0.6) is 0 Å². The average molecular weight is 312 g/mol. The molecular formula is C18H17FN2O2. The van der Waals surface area contributed by atoms with Gasteiger partial charge in [0, 0.05) is 36.6 Å². The lowest BCUT2D eigenvalue weighted by Crippen LogP contribution is -2.16. The number of aryl methyl sites for hydroxylation is 1. The van der Waals surface area contributed by atoms with Gasteiger partial charge in [0.15, 0.2) is 0 Å². The molecule has 4 nitrogen and oxygen atoms in total. The Hall–Kier alpha value is -2.66. The van der Waals surface area contributed by atoms with E-state index < -0.39 is 5.97 Å². The Bertz CT molecular complexity index is 853. The Balaban J connectivity index is 1.85. The largest absolute Gasteiger partial charge is 0.477 e. The van der Waals surface area contributed by atoms with Gasteiger partial charge >= 0.3 is 5.97 Å². The van der Waals surface area contributed by atoms with E-state index in [0.29, 0.717) is 13.1 Å². The van der Waals surface area contributed by atoms with E-state index in [0.717, 1.165) is 22.0 Å². The average Bonchev–Trinajstić information content (AvgIpc) is 2.82. The molecule has 0 fully saturated rings. The number of para-hydroxylation sites is 1. The summed E-state index contributed by atoms with van der Waals surface area (Å²) < 4.78 is 14.6. The van der Waals surface area contributed by atoms with Crippen LogP contribution in [0.3, 0.4) is 0 Å². The lowest BCUT2D eigenvalue weighted by atomic mass is 10.1. The summed E-state index contributed by atoms with van der Waals surface area (Å²) in [5.41, 5.74) is 2.89. The molecule has 23 heavy (non-hydrogen) atoms. The predicted octanol–water partition coefficient (Wildman–Crippen LogP) is 3.31. The van der Waals surface area contributed by atoms with E-state index in [1.54, 1.807) is 23.7 Å². The van der Waals surface area contributed by atoms with Crippen LogP contribution in [-0.2, 0) is 20.1 Å². The van der Waals surface area contributed by atoms with E-state index in [1.165, 1.54) is 12.1 Å². The molecule has 2 aromatic carbocycles. The molecule has 0 aliphatic heterocycles. The number of halogens is 1. The number of carboxylic acid groups (broad SMARTS) is 1. The van der Waals surface area contributed by atoms with Gasteiger partial charge in [0.25, 0.3) is 0 Å². The molecule has 5 heteroatoms. The van der Waals surface area contributed by atoms with E-state index in [-0.39, 0.29) is 11.5 Å². The second kappa shape index (κ2) is 6.22. The fourth-order valence-corrected chi connectivity index (χ4v) is 2.86. The Morgan fingerprint density at radius 1 is 1.13 bits per heavy atom. The van der Waals surface area contributed by atoms with Crippen LogP contribution >= 0.6 is 0 Å². The van der Waals surface area contributed by atoms with Gasteiger partial charge in [0.2, 0.25) is 0 Å². The van der Waals surface area contributed by atoms with Crippen molar-refractivity contribution in [2.75, 3.05) is 0 Å². The van der Waals surface area contributed by atoms with Crippen molar-refractivity contribution < 1.29 is 14.3 Å². The molecule has 0 aliphatic carbocycles. The van der Waals surface area contributed by atoms with Crippen LogP contribution < -0.4 is 5.32 Å². The Labute approximate surface area is 133 Å². The molecule has 118 valence electrons. The zero-order valence-electron chi connectivity index (χ0n) is 12.7. The highest BCUT2D eigenvalue weighted by Crippen LogP contribution is 2.25. The third-order valence-electron chi connectivity index (χ3n) is 3.96. The predicted molar refractivity (Wildman–Crippen MR) is 86.8 cm³/mol. The summed E-state index contributed by atoms with van der Waals surface area (Å²) in [6.45, 7) is 0.975. The molecule has 0 saturated heterocycles. The number of aromatic nitrogens is 1. The van der Waals surface area contributed by atoms with E-state index in [2.05, 4.69) is 5.32 Å². The number of nitrogens with one attached hydrogen (secondary N) is 1. The molecule has 0 amide bonds. The van der Waals surface area contributed by atoms with Gasteiger partial charge in [-0.15, -0.1) is 0 Å². The number of carbonyl (C=O) groups is 1. The summed E-state index contributed by atoms with van der Waals surface area (Å²) in [5.74, 6) is -1.21. The number of hydrogen-bond donors (Lipinski definition) is 2. The van der Waals surface area contributed by atoms with Crippen LogP contribution in [-0.4, -0.2) is 15.6 Å². The molecule has 0 bridgehead atoms. The molecule has 3 rings (SSSR count). The first-order valence-corrected chi connectivity index (χ1v) is 7.32. The molecule has 0 radical (unpaired) electrons. The van der Waals surface area contributed by atoms with Crippen molar-refractivity contribution >= 4 is 16.9 Å². The topological polar surface area (TPSA) is 54.3 Å². The van der Waals surface area contributed by atoms with Crippen molar-refractivity contribution in [1.82, 2.24) is 9.88 Å². The monoisotopic (exact) mass is 312 g/mol. The fourth-order valence-electron chi connectivity index (χ4n) is 2.86. The Morgan fingerprint density at radius 3 is 2.52 bits per heavy atom. The molecule has 0 aliphatic rings. The summed E-state index contributed by atoms with van der Waals surface area (Å²) in [6.07, 6.45) is 0. The van der Waals surface area contributed by atoms with Gasteiger partial charge in [0.1, 0.15) is 11.5 Å². The molecule has 1 heterocycles. The molecule has 0 atom stereocenters. The maximum Gasteiger partial charge on any atom is 0.352 e. The maximum absolute atomic E-state index is 12.9. The molecule has 2 N–H and O–H groups in total. The third kappa shape index (κ3) is 2.96. The van der Waals surface area contributed by atoms with Crippen molar-refractivity contribution in [2.24, 2.45) is 7.05 Å². The van der Waals surface area contributed by atoms with Crippen molar-refractivity contribution in [3.8, 4) is 0 Å². The number of aromatic carboxylic acids is 1. The van der Waals surface area contributed by atoms with Crippen LogP contribution in [0.2, 0.25) is 0 Å². The van der Waals surface area contributed by atoms with Gasteiger partial charge in [-0.25, -0.2) is 9.18 Å². The Kier molecular flexibility index (Phi) is 4.12. The highest BCUT2D eigenvalue weighted by molar-refractivity contribution is 5.98. The first-order valence-electron chi connectivity index (χ1n) is 7.32. The first-order chi connectivity index (χ1) is 11.1. The van der Waals surface area contributed by atoms with Crippen LogP contribution in [0.4, 0.5) is 4.39 Å². The minimum atomic E-state index is -0.942. The smallest absolute Gasteiger partial charge is 0.352 e. The molecule has 0 spiro atoms. The molecular weight excluding hydrogens is 295 g/mol. The molecule has 1 aromatic heterocycles. The van der Waals surface area contributed by atoms with E-state index in [4.69, 9.17) is 0 Å². The minimum Gasteiger partial charge on any atom is -0.477 e. The normalized spacial score (nSPS) is 11.0. The highest BCUT2D eigenvalue weighted by Gasteiger charge is 2.19. The lowest BCUT2D eigenvalue weighted by Gasteiger charge is -2.06. The zero-order chi connectivity index (χ0) is 16.4. The quantitative estimate of drug-likeness (QED) is 0.760. The highest BCUT2D eigenvalue weighted by atomic mass is 19.1. The van der Waals surface area contributed by atoms with Crippen molar-refractivity contribution in [3.63, 3.8) is 0 Å². The van der Waals surface area contributed by atoms with Crippen LogP contribution in [0.1, 0.15) is 21.6 Å². The number of benzene rings is 2. The van der Waals surface area contributed by atoms with Gasteiger partial charge < -0.3 is 15.0 Å². The maximum atomic E-state index is 12.9. The van der Waals surface area contributed by atoms with Crippen molar-refractivity contribution in [3.05, 3.63) is 71.2 Å². The van der Waals surface area contributed by atoms with E-state index in [1.807, 2.05) is 24.3 Å². The summed E-state index contributed by atoms with van der Waals surface area (Å²) in [5, 5.41) is 13.7. The van der Waals surface area contributed by atoms with E-state index in [9.17, 15) is 14.3 Å². The van der Waals surface area contributed by atoms with Crippen LogP contribution in [0.25, 0.3) is 10.9 Å². The number of hydrogen-bond acceptors (Lipinski definition) is 2. The third-order valence-corrected chi connectivity index (χ3v) is 3.96. The number of nitrogens with zero attached hydrogens (tertiary/aromatic N) is 1. The summed E-state index contributed by atoms with van der Waals surface area (Å²) in [6, 6.07) is 13.9. The van der Waals surface area contributed by atoms with Crippen LogP contribution in [0, 0.1) is 5.82 Å².